The summed E-state index contributed by atoms with van der Waals surface area (Å²) in [4.78, 5) is 0. The van der Waals surface area contributed by atoms with Crippen LogP contribution in [0.3, 0.4) is 0 Å². The molecule has 0 bridgehead atoms. The first-order valence-electron chi connectivity index (χ1n) is 8.80. The summed E-state index contributed by atoms with van der Waals surface area (Å²) in [6, 6.07) is 4.07. The van der Waals surface area contributed by atoms with Crippen LogP contribution >= 0.6 is 0 Å². The van der Waals surface area contributed by atoms with Crippen LogP contribution in [0.5, 0.6) is 0 Å². The molecule has 1 aliphatic carbocycles. The second-order valence-electron chi connectivity index (χ2n) is 6.78. The molecule has 2 rings (SSSR count). The molecule has 0 amide bonds. The fraction of sp³-hybridized carbons (Fsp3) is 0.600. The molecule has 1 aromatic rings. The third-order valence-electron chi connectivity index (χ3n) is 4.84. The van der Waals surface area contributed by atoms with E-state index in [1.807, 2.05) is 0 Å². The molecule has 5 heteroatoms. The Bertz CT molecular complexity index is 596. The quantitative estimate of drug-likeness (QED) is 0.415. The van der Waals surface area contributed by atoms with Gasteiger partial charge in [0.05, 0.1) is 0 Å². The Kier molecular flexibility index (Phi) is 6.48. The lowest BCUT2D eigenvalue weighted by Gasteiger charge is -2.25. The van der Waals surface area contributed by atoms with E-state index < -0.39 is 17.7 Å². The van der Waals surface area contributed by atoms with Gasteiger partial charge in [-0.05, 0) is 43.7 Å². The van der Waals surface area contributed by atoms with E-state index in [1.54, 1.807) is 0 Å². The van der Waals surface area contributed by atoms with Crippen LogP contribution in [-0.2, 0) is 5.92 Å². The maximum Gasteiger partial charge on any atom is 0.458 e. The lowest BCUT2D eigenvalue weighted by Crippen LogP contribution is -2.33. The van der Waals surface area contributed by atoms with Crippen molar-refractivity contribution in [1.82, 2.24) is 0 Å². The normalized spacial score (nSPS) is 21.5. The van der Waals surface area contributed by atoms with Crippen molar-refractivity contribution in [3.05, 3.63) is 35.4 Å². The molecular weight excluding hydrogens is 335 g/mol. The van der Waals surface area contributed by atoms with Gasteiger partial charge >= 0.3 is 12.1 Å². The summed E-state index contributed by atoms with van der Waals surface area (Å²) < 4.78 is 63.5. The van der Waals surface area contributed by atoms with Crippen LogP contribution in [0, 0.1) is 23.7 Å². The zero-order valence-corrected chi connectivity index (χ0v) is 14.3. The number of benzene rings is 1. The van der Waals surface area contributed by atoms with E-state index in [2.05, 4.69) is 18.8 Å². The lowest BCUT2D eigenvalue weighted by molar-refractivity contribution is -0.289. The minimum absolute atomic E-state index is 0.286. The molecule has 0 aromatic heterocycles. The van der Waals surface area contributed by atoms with Crippen LogP contribution in [0.25, 0.3) is 0 Å². The van der Waals surface area contributed by atoms with E-state index in [0.29, 0.717) is 5.56 Å². The van der Waals surface area contributed by atoms with Gasteiger partial charge in [-0.1, -0.05) is 50.2 Å². The van der Waals surface area contributed by atoms with E-state index >= 15 is 0 Å². The van der Waals surface area contributed by atoms with Crippen molar-refractivity contribution < 1.29 is 22.0 Å². The van der Waals surface area contributed by atoms with Crippen molar-refractivity contribution in [1.29, 1.82) is 0 Å². The largest absolute Gasteiger partial charge is 0.458 e. The average molecular weight is 358 g/mol. The number of halogens is 5. The molecule has 0 radical (unpaired) electrons. The van der Waals surface area contributed by atoms with Crippen molar-refractivity contribution in [2.45, 2.75) is 64.0 Å². The van der Waals surface area contributed by atoms with E-state index in [4.69, 9.17) is 0 Å². The minimum Gasteiger partial charge on any atom is -0.191 e. The standard InChI is InChI=1S/C20H23F5/c1-2-3-4-15-5-7-16(8-6-15)9-10-17-11-13-18(14-12-17)19(21,22)20(23,24)25/h11-16H,2-8H2,1H3. The predicted molar refractivity (Wildman–Crippen MR) is 88.2 cm³/mol. The summed E-state index contributed by atoms with van der Waals surface area (Å²) in [7, 11) is 0. The highest BCUT2D eigenvalue weighted by Crippen LogP contribution is 2.43. The molecule has 25 heavy (non-hydrogen) atoms. The van der Waals surface area contributed by atoms with Gasteiger partial charge in [-0.3, -0.25) is 0 Å². The second kappa shape index (κ2) is 8.21. The number of unbranched alkanes of at least 4 members (excludes halogenated alkanes) is 1. The highest BCUT2D eigenvalue weighted by atomic mass is 19.4. The molecule has 1 saturated carbocycles. The predicted octanol–water partition coefficient (Wildman–Crippen LogP) is 6.69. The minimum atomic E-state index is -5.59. The van der Waals surface area contributed by atoms with E-state index in [-0.39, 0.29) is 5.92 Å². The van der Waals surface area contributed by atoms with Crippen molar-refractivity contribution in [2.24, 2.45) is 11.8 Å². The summed E-state index contributed by atoms with van der Waals surface area (Å²) >= 11 is 0. The van der Waals surface area contributed by atoms with Crippen molar-refractivity contribution >= 4 is 0 Å². The third kappa shape index (κ3) is 5.20. The van der Waals surface area contributed by atoms with Crippen molar-refractivity contribution in [3.63, 3.8) is 0 Å². The lowest BCUT2D eigenvalue weighted by atomic mass is 9.80. The van der Waals surface area contributed by atoms with E-state index in [1.165, 1.54) is 31.4 Å². The third-order valence-corrected chi connectivity index (χ3v) is 4.84. The molecule has 0 saturated heterocycles. The van der Waals surface area contributed by atoms with Gasteiger partial charge in [-0.2, -0.15) is 22.0 Å². The highest BCUT2D eigenvalue weighted by Gasteiger charge is 2.58. The van der Waals surface area contributed by atoms with Gasteiger partial charge in [0.15, 0.2) is 0 Å². The van der Waals surface area contributed by atoms with Gasteiger partial charge in [-0.15, -0.1) is 0 Å². The first-order chi connectivity index (χ1) is 11.7. The molecule has 0 N–H and O–H groups in total. The zero-order chi connectivity index (χ0) is 18.5. The number of hydrogen-bond donors (Lipinski definition) is 0. The number of hydrogen-bond acceptors (Lipinski definition) is 0. The van der Waals surface area contributed by atoms with Crippen LogP contribution in [0.2, 0.25) is 0 Å². The zero-order valence-electron chi connectivity index (χ0n) is 14.3. The molecule has 0 spiro atoms. The van der Waals surface area contributed by atoms with Gasteiger partial charge in [-0.25, -0.2) is 0 Å². The monoisotopic (exact) mass is 358 g/mol. The Morgan fingerprint density at radius 2 is 1.56 bits per heavy atom. The first kappa shape index (κ1) is 19.8. The van der Waals surface area contributed by atoms with Crippen LogP contribution in [0.1, 0.15) is 63.0 Å². The summed E-state index contributed by atoms with van der Waals surface area (Å²) in [6.07, 6.45) is 2.55. The Balaban J connectivity index is 1.94. The number of alkyl halides is 5. The highest BCUT2D eigenvalue weighted by molar-refractivity contribution is 5.38. The molecule has 0 nitrogen and oxygen atoms in total. The molecule has 1 fully saturated rings. The summed E-state index contributed by atoms with van der Waals surface area (Å²) in [5, 5.41) is 0. The molecule has 0 heterocycles. The molecule has 138 valence electrons. The van der Waals surface area contributed by atoms with Gasteiger partial charge < -0.3 is 0 Å². The topological polar surface area (TPSA) is 0 Å². The molecule has 1 aromatic carbocycles. The van der Waals surface area contributed by atoms with Crippen LogP contribution in [0.4, 0.5) is 22.0 Å². The fourth-order valence-corrected chi connectivity index (χ4v) is 3.20. The second-order valence-corrected chi connectivity index (χ2v) is 6.78. The Morgan fingerprint density at radius 3 is 2.08 bits per heavy atom. The summed E-state index contributed by atoms with van der Waals surface area (Å²) in [5.74, 6) is 2.29. The van der Waals surface area contributed by atoms with E-state index in [0.717, 1.165) is 43.7 Å². The molecule has 0 unspecified atom stereocenters. The van der Waals surface area contributed by atoms with Gasteiger partial charge in [0, 0.05) is 17.0 Å². The number of rotatable bonds is 4. The van der Waals surface area contributed by atoms with E-state index in [9.17, 15) is 22.0 Å². The maximum absolute atomic E-state index is 13.2. The average Bonchev–Trinajstić information content (AvgIpc) is 2.58. The van der Waals surface area contributed by atoms with Crippen molar-refractivity contribution in [3.8, 4) is 11.8 Å². The fourth-order valence-electron chi connectivity index (χ4n) is 3.20. The summed E-state index contributed by atoms with van der Waals surface area (Å²) in [6.45, 7) is 2.19. The Labute approximate surface area is 145 Å². The van der Waals surface area contributed by atoms with Crippen molar-refractivity contribution in [2.75, 3.05) is 0 Å². The van der Waals surface area contributed by atoms with Gasteiger partial charge in [0.25, 0.3) is 0 Å². The molecular formula is C20H23F5. The summed E-state index contributed by atoms with van der Waals surface area (Å²) in [5.41, 5.74) is -0.586. The molecule has 0 atom stereocenters. The van der Waals surface area contributed by atoms with Crippen LogP contribution in [-0.4, -0.2) is 6.18 Å². The first-order valence-corrected chi connectivity index (χ1v) is 8.80. The molecule has 1 aliphatic rings. The van der Waals surface area contributed by atoms with Crippen LogP contribution in [0.15, 0.2) is 24.3 Å². The Hall–Kier alpha value is -1.57. The smallest absolute Gasteiger partial charge is 0.191 e. The van der Waals surface area contributed by atoms with Gasteiger partial charge in [0.1, 0.15) is 0 Å². The maximum atomic E-state index is 13.2. The SMILES string of the molecule is CCCCC1CCC(C#Cc2ccc(C(F)(F)C(F)(F)F)cc2)CC1. The Morgan fingerprint density at radius 1 is 0.960 bits per heavy atom. The molecule has 0 aliphatic heterocycles. The van der Waals surface area contributed by atoms with Crippen LogP contribution < -0.4 is 0 Å². The van der Waals surface area contributed by atoms with Gasteiger partial charge in [0.2, 0.25) is 0 Å².